The zero-order chi connectivity index (χ0) is 20.7. The molecule has 6 nitrogen and oxygen atoms in total. The van der Waals surface area contributed by atoms with Gasteiger partial charge in [0.25, 0.3) is 5.91 Å². The second-order valence-electron chi connectivity index (χ2n) is 5.95. The Bertz CT molecular complexity index is 919. The quantitative estimate of drug-likeness (QED) is 0.428. The molecule has 148 valence electrons. The summed E-state index contributed by atoms with van der Waals surface area (Å²) in [4.78, 5) is 23.9. The van der Waals surface area contributed by atoms with E-state index in [1.54, 1.807) is 31.2 Å². The van der Waals surface area contributed by atoms with Crippen LogP contribution in [0.5, 0.6) is 5.75 Å². The van der Waals surface area contributed by atoms with Crippen molar-refractivity contribution in [1.29, 1.82) is 0 Å². The highest BCUT2D eigenvalue weighted by Gasteiger charge is 2.09. The van der Waals surface area contributed by atoms with E-state index in [1.807, 2.05) is 19.1 Å². The molecule has 2 aromatic rings. The highest BCUT2D eigenvalue weighted by Crippen LogP contribution is 2.26. The van der Waals surface area contributed by atoms with Crippen molar-refractivity contribution in [1.82, 2.24) is 5.43 Å². The minimum atomic E-state index is -0.440. The van der Waals surface area contributed by atoms with Gasteiger partial charge in [-0.3, -0.25) is 9.59 Å². The summed E-state index contributed by atoms with van der Waals surface area (Å²) in [6, 6.07) is 10.3. The third-order valence-corrected chi connectivity index (χ3v) is 4.62. The van der Waals surface area contributed by atoms with Gasteiger partial charge in [0, 0.05) is 10.7 Å². The minimum absolute atomic E-state index is 0.0203. The zero-order valence-corrected chi connectivity index (χ0v) is 18.3. The molecule has 2 N–H and O–H groups in total. The maximum absolute atomic E-state index is 12.1. The van der Waals surface area contributed by atoms with Gasteiger partial charge in [0.15, 0.2) is 6.61 Å². The van der Waals surface area contributed by atoms with Crippen LogP contribution in [-0.2, 0) is 9.59 Å². The number of hydrogen-bond acceptors (Lipinski definition) is 4. The third kappa shape index (κ3) is 7.14. The van der Waals surface area contributed by atoms with Crippen molar-refractivity contribution in [2.75, 3.05) is 11.9 Å². The van der Waals surface area contributed by atoms with E-state index in [4.69, 9.17) is 27.9 Å². The summed E-state index contributed by atoms with van der Waals surface area (Å²) in [6.07, 6.45) is -0.0203. The van der Waals surface area contributed by atoms with Crippen LogP contribution in [-0.4, -0.2) is 24.1 Å². The van der Waals surface area contributed by atoms with E-state index in [-0.39, 0.29) is 18.9 Å². The molecular formula is C19H18BrCl2N3O3. The first-order chi connectivity index (χ1) is 13.2. The van der Waals surface area contributed by atoms with Crippen molar-refractivity contribution in [2.45, 2.75) is 20.3 Å². The molecular weight excluding hydrogens is 469 g/mol. The van der Waals surface area contributed by atoms with E-state index < -0.39 is 5.91 Å². The first-order valence-corrected chi connectivity index (χ1v) is 9.75. The first-order valence-electron chi connectivity index (χ1n) is 8.20. The molecule has 0 saturated carbocycles. The van der Waals surface area contributed by atoms with Crippen LogP contribution < -0.4 is 15.5 Å². The fourth-order valence-electron chi connectivity index (χ4n) is 2.12. The van der Waals surface area contributed by atoms with Crippen molar-refractivity contribution < 1.29 is 14.3 Å². The van der Waals surface area contributed by atoms with Gasteiger partial charge in [-0.2, -0.15) is 5.10 Å². The number of carbonyl (C=O) groups is 2. The van der Waals surface area contributed by atoms with Crippen LogP contribution in [0.3, 0.4) is 0 Å². The van der Waals surface area contributed by atoms with Gasteiger partial charge in [0.2, 0.25) is 5.91 Å². The van der Waals surface area contributed by atoms with Crippen molar-refractivity contribution in [3.63, 3.8) is 0 Å². The van der Waals surface area contributed by atoms with Gasteiger partial charge < -0.3 is 10.1 Å². The van der Waals surface area contributed by atoms with Crippen LogP contribution in [0.2, 0.25) is 10.0 Å². The highest BCUT2D eigenvalue weighted by molar-refractivity contribution is 9.10. The molecule has 2 aromatic carbocycles. The number of carbonyl (C=O) groups excluding carboxylic acids is 2. The number of anilines is 1. The second kappa shape index (κ2) is 10.5. The topological polar surface area (TPSA) is 79.8 Å². The van der Waals surface area contributed by atoms with Crippen LogP contribution in [0.15, 0.2) is 46.0 Å². The summed E-state index contributed by atoms with van der Waals surface area (Å²) in [7, 11) is 0. The number of halogens is 3. The van der Waals surface area contributed by atoms with E-state index >= 15 is 0 Å². The summed E-state index contributed by atoms with van der Waals surface area (Å²) in [5.74, 6) is -0.219. The molecule has 2 amide bonds. The smallest absolute Gasteiger partial charge is 0.277 e. The Morgan fingerprint density at radius 3 is 2.61 bits per heavy atom. The van der Waals surface area contributed by atoms with E-state index in [2.05, 4.69) is 31.8 Å². The van der Waals surface area contributed by atoms with Gasteiger partial charge in [-0.15, -0.1) is 0 Å². The third-order valence-electron chi connectivity index (χ3n) is 3.44. The lowest BCUT2D eigenvalue weighted by atomic mass is 10.2. The van der Waals surface area contributed by atoms with Gasteiger partial charge in [-0.05, 0) is 65.7 Å². The van der Waals surface area contributed by atoms with Crippen LogP contribution in [0.4, 0.5) is 5.69 Å². The molecule has 0 heterocycles. The molecule has 0 radical (unpaired) electrons. The van der Waals surface area contributed by atoms with Crippen molar-refractivity contribution in [2.24, 2.45) is 5.10 Å². The molecule has 0 aliphatic rings. The molecule has 0 saturated heterocycles. The predicted octanol–water partition coefficient (Wildman–Crippen LogP) is 4.96. The molecule has 0 aromatic heterocycles. The van der Waals surface area contributed by atoms with E-state index in [1.165, 1.54) is 0 Å². The summed E-state index contributed by atoms with van der Waals surface area (Å²) in [5, 5.41) is 7.38. The Labute approximate surface area is 181 Å². The van der Waals surface area contributed by atoms with E-state index in [0.717, 1.165) is 10.0 Å². The Morgan fingerprint density at radius 1 is 1.14 bits per heavy atom. The maximum atomic E-state index is 12.1. The summed E-state index contributed by atoms with van der Waals surface area (Å²) >= 11 is 15.3. The Kier molecular flexibility index (Phi) is 8.29. The van der Waals surface area contributed by atoms with E-state index in [0.29, 0.717) is 27.2 Å². The zero-order valence-electron chi connectivity index (χ0n) is 15.2. The minimum Gasteiger partial charge on any atom is -0.483 e. The fraction of sp³-hybridized carbons (Fsp3) is 0.211. The van der Waals surface area contributed by atoms with Crippen LogP contribution in [0, 0.1) is 6.92 Å². The molecule has 0 fully saturated rings. The monoisotopic (exact) mass is 485 g/mol. The van der Waals surface area contributed by atoms with Gasteiger partial charge in [0.05, 0.1) is 21.6 Å². The number of aryl methyl sites for hydroxylation is 1. The number of amides is 2. The molecule has 2 rings (SSSR count). The summed E-state index contributed by atoms with van der Waals surface area (Å²) in [6.45, 7) is 3.37. The SMILES string of the molecule is CC(CC(=O)Nc1cc(Cl)ccc1Cl)=NNC(=O)COc1ccc(C)cc1Br. The van der Waals surface area contributed by atoms with Crippen molar-refractivity contribution >= 4 is 62.3 Å². The molecule has 9 heteroatoms. The first kappa shape index (κ1) is 22.2. The number of hydrazone groups is 1. The lowest BCUT2D eigenvalue weighted by molar-refractivity contribution is -0.123. The fourth-order valence-corrected chi connectivity index (χ4v) is 3.06. The number of nitrogens with one attached hydrogen (secondary N) is 2. The number of hydrogen-bond donors (Lipinski definition) is 2. The molecule has 0 unspecified atom stereocenters. The standard InChI is InChI=1S/C19H18BrCl2N3O3/c1-11-3-6-17(14(20)7-11)28-10-19(27)25-24-12(2)8-18(26)23-16-9-13(21)4-5-15(16)22/h3-7,9H,8,10H2,1-2H3,(H,23,26)(H,25,27). The number of rotatable bonds is 7. The Morgan fingerprint density at radius 2 is 1.89 bits per heavy atom. The molecule has 0 spiro atoms. The van der Waals surface area contributed by atoms with Crippen LogP contribution >= 0.6 is 39.1 Å². The highest BCUT2D eigenvalue weighted by atomic mass is 79.9. The lowest BCUT2D eigenvalue weighted by Gasteiger charge is -2.09. The Hall–Kier alpha value is -2.09. The number of benzene rings is 2. The van der Waals surface area contributed by atoms with Gasteiger partial charge in [0.1, 0.15) is 5.75 Å². The van der Waals surface area contributed by atoms with Crippen LogP contribution in [0.1, 0.15) is 18.9 Å². The predicted molar refractivity (Wildman–Crippen MR) is 115 cm³/mol. The summed E-state index contributed by atoms with van der Waals surface area (Å²) in [5.41, 5.74) is 4.25. The van der Waals surface area contributed by atoms with Gasteiger partial charge in [-0.25, -0.2) is 5.43 Å². The largest absolute Gasteiger partial charge is 0.483 e. The van der Waals surface area contributed by atoms with Gasteiger partial charge in [-0.1, -0.05) is 29.3 Å². The normalized spacial score (nSPS) is 11.1. The molecule has 0 aliphatic heterocycles. The van der Waals surface area contributed by atoms with E-state index in [9.17, 15) is 9.59 Å². The lowest BCUT2D eigenvalue weighted by Crippen LogP contribution is -2.26. The Balaban J connectivity index is 1.81. The number of ether oxygens (including phenoxy) is 1. The number of nitrogens with zero attached hydrogens (tertiary/aromatic N) is 1. The van der Waals surface area contributed by atoms with Crippen LogP contribution in [0.25, 0.3) is 0 Å². The van der Waals surface area contributed by atoms with Crippen molar-refractivity contribution in [3.8, 4) is 5.75 Å². The van der Waals surface area contributed by atoms with Crippen molar-refractivity contribution in [3.05, 3.63) is 56.5 Å². The second-order valence-corrected chi connectivity index (χ2v) is 7.65. The molecule has 28 heavy (non-hydrogen) atoms. The summed E-state index contributed by atoms with van der Waals surface area (Å²) < 4.78 is 6.20. The molecule has 0 bridgehead atoms. The average Bonchev–Trinajstić information content (AvgIpc) is 2.62. The molecule has 0 atom stereocenters. The van der Waals surface area contributed by atoms with Gasteiger partial charge >= 0.3 is 0 Å². The molecule has 0 aliphatic carbocycles. The maximum Gasteiger partial charge on any atom is 0.277 e. The average molecular weight is 487 g/mol.